The molecule has 2 heterocycles. The van der Waals surface area contributed by atoms with E-state index in [9.17, 15) is 22.8 Å². The van der Waals surface area contributed by atoms with Gasteiger partial charge in [0.1, 0.15) is 5.75 Å². The number of benzene rings is 1. The number of aromatic nitrogens is 2. The first-order valence-corrected chi connectivity index (χ1v) is 8.53. The van der Waals surface area contributed by atoms with Crippen LogP contribution in [0.3, 0.4) is 0 Å². The molecular weight excluding hydrogens is 342 g/mol. The normalized spacial score (nSPS) is 14.0. The predicted octanol–water partition coefficient (Wildman–Crippen LogP) is -0.0178. The summed E-state index contributed by atoms with van der Waals surface area (Å²) in [6.45, 7) is 0. The summed E-state index contributed by atoms with van der Waals surface area (Å²) in [5.74, 6) is -4.31. The molecule has 0 atom stereocenters. The monoisotopic (exact) mass is 351 g/mol. The predicted molar refractivity (Wildman–Crippen MR) is 75.2 cm³/mol. The highest BCUT2D eigenvalue weighted by atomic mass is 32.2. The minimum absolute atomic E-state index is 0.0983. The van der Waals surface area contributed by atoms with Crippen LogP contribution >= 0.6 is 0 Å². The number of hydroxylamine groups is 2. The van der Waals surface area contributed by atoms with E-state index in [2.05, 4.69) is 14.7 Å². The Morgan fingerprint density at radius 3 is 2.33 bits per heavy atom. The lowest BCUT2D eigenvalue weighted by atomic mass is 10.1. The smallest absolute Gasteiger partial charge is 0.338 e. The lowest BCUT2D eigenvalue weighted by molar-refractivity contribution is -0.0594. The van der Waals surface area contributed by atoms with Gasteiger partial charge in [-0.2, -0.15) is 4.98 Å². The van der Waals surface area contributed by atoms with E-state index in [0.29, 0.717) is 5.06 Å². The quantitative estimate of drug-likeness (QED) is 0.696. The van der Waals surface area contributed by atoms with Gasteiger partial charge in [-0.15, -0.1) is 0 Å². The molecule has 0 spiro atoms. The third-order valence-corrected chi connectivity index (χ3v) is 3.74. The Bertz CT molecular complexity index is 928. The molecule has 0 aliphatic carbocycles. The van der Waals surface area contributed by atoms with E-state index in [1.165, 1.54) is 12.1 Å². The Kier molecular flexibility index (Phi) is 3.64. The molecule has 124 valence electrons. The third kappa shape index (κ3) is 2.88. The van der Waals surface area contributed by atoms with Gasteiger partial charge in [0.05, 0.1) is 11.1 Å². The van der Waals surface area contributed by atoms with Gasteiger partial charge >= 0.3 is 5.97 Å². The van der Waals surface area contributed by atoms with Gasteiger partial charge in [0, 0.05) is 6.26 Å². The number of hydrogen-bond acceptors (Lipinski definition) is 9. The second kappa shape index (κ2) is 5.53. The number of nitrogens with zero attached hydrogens (tertiary/aromatic N) is 3. The van der Waals surface area contributed by atoms with E-state index < -0.39 is 39.2 Å². The molecule has 0 bridgehead atoms. The van der Waals surface area contributed by atoms with Crippen LogP contribution in [0.1, 0.15) is 37.2 Å². The van der Waals surface area contributed by atoms with Crippen molar-refractivity contribution in [1.82, 2.24) is 15.2 Å². The Hall–Kier alpha value is -3.08. The molecule has 10 nitrogen and oxygen atoms in total. The van der Waals surface area contributed by atoms with E-state index in [-0.39, 0.29) is 17.0 Å². The van der Waals surface area contributed by atoms with E-state index in [4.69, 9.17) is 4.84 Å². The van der Waals surface area contributed by atoms with Crippen molar-refractivity contribution in [3.05, 3.63) is 47.1 Å². The minimum Gasteiger partial charge on any atom is -0.338 e. The Morgan fingerprint density at radius 2 is 1.79 bits per heavy atom. The molecule has 0 saturated heterocycles. The first-order chi connectivity index (χ1) is 11.3. The number of amides is 2. The number of hydrogen-bond donors (Lipinski definition) is 0. The third-order valence-electron chi connectivity index (χ3n) is 2.97. The summed E-state index contributed by atoms with van der Waals surface area (Å²) in [6, 6.07) is 5.96. The van der Waals surface area contributed by atoms with Crippen LogP contribution < -0.4 is 0 Å². The van der Waals surface area contributed by atoms with Crippen LogP contribution in [0, 0.1) is 0 Å². The van der Waals surface area contributed by atoms with Gasteiger partial charge < -0.3 is 9.36 Å². The first-order valence-electron chi connectivity index (χ1n) is 6.46. The van der Waals surface area contributed by atoms with Crippen molar-refractivity contribution in [3.63, 3.8) is 0 Å². The fourth-order valence-corrected chi connectivity index (χ4v) is 2.56. The fraction of sp³-hybridized carbons (Fsp3) is 0.154. The maximum Gasteiger partial charge on any atom is 0.404 e. The van der Waals surface area contributed by atoms with Crippen molar-refractivity contribution in [2.24, 2.45) is 0 Å². The topological polar surface area (TPSA) is 137 Å². The lowest BCUT2D eigenvalue weighted by Crippen LogP contribution is -2.33. The standard InChI is InChI=1S/C13H9N3O7S/c1-24(20,21)6-9-14-10(15-22-9)13(19)23-16-11(17)7-4-2-3-5-8(7)12(16)18/h2-5H,6H2,1H3. The molecule has 0 radical (unpaired) electrons. The zero-order valence-electron chi connectivity index (χ0n) is 12.1. The highest BCUT2D eigenvalue weighted by Crippen LogP contribution is 2.23. The van der Waals surface area contributed by atoms with Crippen LogP contribution in [0.4, 0.5) is 0 Å². The lowest BCUT2D eigenvalue weighted by Gasteiger charge is -2.10. The van der Waals surface area contributed by atoms with Crippen molar-refractivity contribution in [2.45, 2.75) is 5.75 Å². The van der Waals surface area contributed by atoms with Crippen LogP contribution in [0.25, 0.3) is 0 Å². The number of sulfone groups is 1. The van der Waals surface area contributed by atoms with Crippen LogP contribution in [-0.2, 0) is 20.4 Å². The first kappa shape index (κ1) is 15.8. The maximum absolute atomic E-state index is 12.1. The summed E-state index contributed by atoms with van der Waals surface area (Å²) >= 11 is 0. The molecule has 0 unspecified atom stereocenters. The van der Waals surface area contributed by atoms with Crippen molar-refractivity contribution < 1.29 is 32.2 Å². The Labute approximate surface area is 134 Å². The summed E-state index contributed by atoms with van der Waals surface area (Å²) in [5.41, 5.74) is 0.197. The summed E-state index contributed by atoms with van der Waals surface area (Å²) in [6.07, 6.45) is 0.952. The molecule has 24 heavy (non-hydrogen) atoms. The molecule has 3 rings (SSSR count). The van der Waals surface area contributed by atoms with Crippen molar-refractivity contribution in [2.75, 3.05) is 6.26 Å². The molecular formula is C13H9N3O7S. The second-order valence-corrected chi connectivity index (χ2v) is 7.05. The van der Waals surface area contributed by atoms with Crippen LogP contribution in [0.5, 0.6) is 0 Å². The van der Waals surface area contributed by atoms with E-state index in [1.807, 2.05) is 0 Å². The van der Waals surface area contributed by atoms with Crippen molar-refractivity contribution in [1.29, 1.82) is 0 Å². The van der Waals surface area contributed by atoms with Gasteiger partial charge in [-0.05, 0) is 17.3 Å². The molecule has 0 N–H and O–H groups in total. The van der Waals surface area contributed by atoms with Gasteiger partial charge in [0.15, 0.2) is 9.84 Å². The number of imide groups is 1. The van der Waals surface area contributed by atoms with Crippen LogP contribution in [-0.4, -0.2) is 47.7 Å². The molecule has 11 heteroatoms. The summed E-state index contributed by atoms with van der Waals surface area (Å²) in [5, 5.41) is 3.56. The van der Waals surface area contributed by atoms with Crippen LogP contribution in [0.15, 0.2) is 28.8 Å². The van der Waals surface area contributed by atoms with Crippen molar-refractivity contribution >= 4 is 27.6 Å². The summed E-state index contributed by atoms with van der Waals surface area (Å²) in [4.78, 5) is 44.3. The average Bonchev–Trinajstić information content (AvgIpc) is 3.05. The summed E-state index contributed by atoms with van der Waals surface area (Å²) in [7, 11) is -3.43. The largest absolute Gasteiger partial charge is 0.404 e. The van der Waals surface area contributed by atoms with Gasteiger partial charge in [-0.25, -0.2) is 13.2 Å². The minimum atomic E-state index is -3.43. The maximum atomic E-state index is 12.1. The van der Waals surface area contributed by atoms with E-state index >= 15 is 0 Å². The van der Waals surface area contributed by atoms with Gasteiger partial charge in [0.2, 0.25) is 5.89 Å². The molecule has 0 fully saturated rings. The second-order valence-electron chi connectivity index (χ2n) is 4.91. The molecule has 2 amide bonds. The molecule has 0 saturated carbocycles. The Morgan fingerprint density at radius 1 is 1.21 bits per heavy atom. The van der Waals surface area contributed by atoms with E-state index in [0.717, 1.165) is 6.26 Å². The number of carbonyl (C=O) groups is 3. The van der Waals surface area contributed by atoms with Crippen molar-refractivity contribution in [3.8, 4) is 0 Å². The highest BCUT2D eigenvalue weighted by molar-refractivity contribution is 7.89. The average molecular weight is 351 g/mol. The zero-order chi connectivity index (χ0) is 17.5. The fourth-order valence-electron chi connectivity index (χ4n) is 1.99. The molecule has 1 aromatic heterocycles. The molecule has 1 aliphatic rings. The van der Waals surface area contributed by atoms with Gasteiger partial charge in [-0.3, -0.25) is 9.59 Å². The number of carbonyl (C=O) groups excluding carboxylic acids is 3. The summed E-state index contributed by atoms with van der Waals surface area (Å²) < 4.78 is 26.9. The van der Waals surface area contributed by atoms with E-state index in [1.54, 1.807) is 12.1 Å². The van der Waals surface area contributed by atoms with Gasteiger partial charge in [0.25, 0.3) is 17.6 Å². The zero-order valence-corrected chi connectivity index (χ0v) is 12.9. The van der Waals surface area contributed by atoms with Gasteiger partial charge in [-0.1, -0.05) is 17.2 Å². The molecule has 1 aliphatic heterocycles. The highest BCUT2D eigenvalue weighted by Gasteiger charge is 2.39. The Balaban J connectivity index is 1.77. The number of rotatable bonds is 4. The number of fused-ring (bicyclic) bond motifs is 1. The SMILES string of the molecule is CS(=O)(=O)Cc1nc(C(=O)ON2C(=O)c3ccccc3C2=O)no1. The molecule has 2 aromatic rings. The molecule has 1 aromatic carbocycles. The van der Waals surface area contributed by atoms with Crippen LogP contribution in [0.2, 0.25) is 0 Å².